The van der Waals surface area contributed by atoms with Crippen molar-refractivity contribution in [1.82, 2.24) is 4.90 Å². The van der Waals surface area contributed by atoms with Gasteiger partial charge in [-0.3, -0.25) is 4.79 Å². The number of furan rings is 1. The number of hydrogen-bond donors (Lipinski definition) is 0. The summed E-state index contributed by atoms with van der Waals surface area (Å²) in [6, 6.07) is 8.19. The van der Waals surface area contributed by atoms with E-state index in [1.54, 1.807) is 24.3 Å². The largest absolute Gasteiger partial charge is 0.457 e. The molecule has 0 N–H and O–H groups in total. The first-order valence-electron chi connectivity index (χ1n) is 9.34. The summed E-state index contributed by atoms with van der Waals surface area (Å²) in [5, 5.41) is 0.706. The molecule has 4 rings (SSSR count). The molecule has 1 fully saturated rings. The highest BCUT2D eigenvalue weighted by Crippen LogP contribution is 2.35. The molecule has 2 aromatic rings. The maximum absolute atomic E-state index is 12.9. The number of carbonyl (C=O) groups excluding carboxylic acids is 1. The van der Waals surface area contributed by atoms with Crippen LogP contribution in [0.1, 0.15) is 31.1 Å². The Bertz CT molecular complexity index is 986. The zero-order valence-electron chi connectivity index (χ0n) is 15.7. The molecule has 0 unspecified atom stereocenters. The van der Waals surface area contributed by atoms with Crippen molar-refractivity contribution in [2.75, 3.05) is 13.1 Å². The molecule has 8 heteroatoms. The van der Waals surface area contributed by atoms with Crippen LogP contribution in [0.3, 0.4) is 0 Å². The van der Waals surface area contributed by atoms with Gasteiger partial charge in [-0.25, -0.2) is 0 Å². The van der Waals surface area contributed by atoms with Gasteiger partial charge in [-0.2, -0.15) is 18.2 Å². The lowest BCUT2D eigenvalue weighted by Crippen LogP contribution is -2.35. The number of hydrogen-bond acceptors (Lipinski definition) is 4. The lowest BCUT2D eigenvalue weighted by molar-refractivity contribution is -0.137. The van der Waals surface area contributed by atoms with Gasteiger partial charge in [-0.05, 0) is 54.8 Å². The number of benzene rings is 1. The lowest BCUT2D eigenvalue weighted by atomic mass is 10.00. The Labute approximate surface area is 170 Å². The molecule has 1 aromatic heterocycles. The standard InChI is InChI=1S/C21H19F3N2O2S/c1-13-7-9-26(10-8-13)20-25-19(27)18(29-20)12-16-5-6-17(28-16)14-3-2-4-15(11-14)21(22,23)24/h2-6,11-13H,7-10H2,1H3. The van der Waals surface area contributed by atoms with Crippen LogP contribution in [-0.2, 0) is 11.0 Å². The Morgan fingerprint density at radius 3 is 2.69 bits per heavy atom. The van der Waals surface area contributed by atoms with Crippen molar-refractivity contribution in [2.24, 2.45) is 10.9 Å². The third-order valence-electron chi connectivity index (χ3n) is 5.04. The zero-order valence-corrected chi connectivity index (χ0v) is 16.5. The fourth-order valence-electron chi connectivity index (χ4n) is 3.30. The van der Waals surface area contributed by atoms with Crippen molar-refractivity contribution in [3.63, 3.8) is 0 Å². The number of nitrogens with zero attached hydrogens (tertiary/aromatic N) is 2. The van der Waals surface area contributed by atoms with Crippen molar-refractivity contribution in [3.05, 3.63) is 52.6 Å². The molecule has 2 aliphatic rings. The Balaban J connectivity index is 1.50. The SMILES string of the molecule is CC1CCN(C2=NC(=O)C(=Cc3ccc(-c4cccc(C(F)(F)F)c4)o3)S2)CC1. The van der Waals surface area contributed by atoms with Crippen LogP contribution < -0.4 is 0 Å². The topological polar surface area (TPSA) is 45.8 Å². The molecule has 2 aliphatic heterocycles. The summed E-state index contributed by atoms with van der Waals surface area (Å²) in [4.78, 5) is 19.0. The van der Waals surface area contributed by atoms with E-state index in [2.05, 4.69) is 16.8 Å². The van der Waals surface area contributed by atoms with Gasteiger partial charge in [-0.15, -0.1) is 0 Å². The normalized spacial score (nSPS) is 19.9. The van der Waals surface area contributed by atoms with Gasteiger partial charge in [0.1, 0.15) is 11.5 Å². The molecule has 29 heavy (non-hydrogen) atoms. The second-order valence-corrected chi connectivity index (χ2v) is 8.27. The molecule has 0 saturated carbocycles. The molecule has 0 atom stereocenters. The summed E-state index contributed by atoms with van der Waals surface area (Å²) in [6.07, 6.45) is -0.676. The lowest BCUT2D eigenvalue weighted by Gasteiger charge is -2.30. The molecule has 1 amide bonds. The highest BCUT2D eigenvalue weighted by molar-refractivity contribution is 8.18. The number of likely N-dealkylation sites (tertiary alicyclic amines) is 1. The van der Waals surface area contributed by atoms with E-state index in [1.807, 2.05) is 0 Å². The van der Waals surface area contributed by atoms with Crippen molar-refractivity contribution >= 4 is 28.9 Å². The molecule has 4 nitrogen and oxygen atoms in total. The first-order chi connectivity index (χ1) is 13.8. The van der Waals surface area contributed by atoms with E-state index in [0.717, 1.165) is 38.1 Å². The molecule has 0 bridgehead atoms. The minimum Gasteiger partial charge on any atom is -0.457 e. The number of amides is 1. The van der Waals surface area contributed by atoms with Gasteiger partial charge >= 0.3 is 6.18 Å². The van der Waals surface area contributed by atoms with E-state index in [4.69, 9.17) is 4.42 Å². The van der Waals surface area contributed by atoms with E-state index in [1.165, 1.54) is 17.8 Å². The number of thioether (sulfide) groups is 1. The van der Waals surface area contributed by atoms with Crippen molar-refractivity contribution < 1.29 is 22.4 Å². The highest BCUT2D eigenvalue weighted by atomic mass is 32.2. The zero-order chi connectivity index (χ0) is 20.6. The number of amidine groups is 1. The molecule has 1 aromatic carbocycles. The van der Waals surface area contributed by atoms with Crippen LogP contribution in [0.4, 0.5) is 13.2 Å². The third-order valence-corrected chi connectivity index (χ3v) is 6.08. The first-order valence-corrected chi connectivity index (χ1v) is 10.2. The van der Waals surface area contributed by atoms with Crippen molar-refractivity contribution in [2.45, 2.75) is 25.9 Å². The van der Waals surface area contributed by atoms with E-state index in [0.29, 0.717) is 33.1 Å². The van der Waals surface area contributed by atoms with Crippen LogP contribution in [0.25, 0.3) is 17.4 Å². The quantitative estimate of drug-likeness (QED) is 0.588. The molecule has 1 saturated heterocycles. The second-order valence-electron chi connectivity index (χ2n) is 7.26. The van der Waals surface area contributed by atoms with E-state index in [-0.39, 0.29) is 5.91 Å². The van der Waals surface area contributed by atoms with Crippen LogP contribution in [0.2, 0.25) is 0 Å². The maximum atomic E-state index is 12.9. The number of piperidine rings is 1. The monoisotopic (exact) mass is 420 g/mol. The van der Waals surface area contributed by atoms with Gasteiger partial charge in [0.2, 0.25) is 0 Å². The first kappa shape index (κ1) is 19.8. The van der Waals surface area contributed by atoms with Crippen molar-refractivity contribution in [3.8, 4) is 11.3 Å². The smallest absolute Gasteiger partial charge is 0.416 e. The number of halogens is 3. The summed E-state index contributed by atoms with van der Waals surface area (Å²) in [5.74, 6) is 1.07. The van der Waals surface area contributed by atoms with Gasteiger partial charge in [0, 0.05) is 24.7 Å². The maximum Gasteiger partial charge on any atom is 0.416 e. The van der Waals surface area contributed by atoms with Crippen LogP contribution in [-0.4, -0.2) is 29.1 Å². The van der Waals surface area contributed by atoms with Crippen LogP contribution in [0.5, 0.6) is 0 Å². The summed E-state index contributed by atoms with van der Waals surface area (Å²) in [6.45, 7) is 3.98. The number of rotatable bonds is 2. The second kappa shape index (κ2) is 7.74. The predicted molar refractivity (Wildman–Crippen MR) is 107 cm³/mol. The molecule has 0 aliphatic carbocycles. The van der Waals surface area contributed by atoms with E-state index >= 15 is 0 Å². The van der Waals surface area contributed by atoms with Gasteiger partial charge in [0.05, 0.1) is 10.5 Å². The fourth-order valence-corrected chi connectivity index (χ4v) is 4.24. The van der Waals surface area contributed by atoms with Gasteiger partial charge in [0.15, 0.2) is 5.17 Å². The van der Waals surface area contributed by atoms with Crippen LogP contribution >= 0.6 is 11.8 Å². The van der Waals surface area contributed by atoms with Crippen LogP contribution in [0.15, 0.2) is 50.7 Å². The average Bonchev–Trinajstić information content (AvgIpc) is 3.29. The van der Waals surface area contributed by atoms with E-state index < -0.39 is 11.7 Å². The molecule has 0 radical (unpaired) electrons. The summed E-state index contributed by atoms with van der Waals surface area (Å²) < 4.78 is 44.4. The highest BCUT2D eigenvalue weighted by Gasteiger charge is 2.31. The minimum absolute atomic E-state index is 0.310. The predicted octanol–water partition coefficient (Wildman–Crippen LogP) is 5.67. The fraction of sp³-hybridized carbons (Fsp3) is 0.333. The third kappa shape index (κ3) is 4.42. The number of aliphatic imine (C=N–C) groups is 1. The van der Waals surface area contributed by atoms with Gasteiger partial charge in [0.25, 0.3) is 5.91 Å². The van der Waals surface area contributed by atoms with Crippen molar-refractivity contribution in [1.29, 1.82) is 0 Å². The molecular formula is C21H19F3N2O2S. The molecule has 152 valence electrons. The Kier molecular flexibility index (Phi) is 5.29. The minimum atomic E-state index is -4.42. The average molecular weight is 420 g/mol. The summed E-state index contributed by atoms with van der Waals surface area (Å²) in [5.41, 5.74) is -0.407. The summed E-state index contributed by atoms with van der Waals surface area (Å²) >= 11 is 1.31. The Morgan fingerprint density at radius 1 is 1.21 bits per heavy atom. The van der Waals surface area contributed by atoms with E-state index in [9.17, 15) is 18.0 Å². The Morgan fingerprint density at radius 2 is 1.97 bits per heavy atom. The molecule has 3 heterocycles. The molecular weight excluding hydrogens is 401 g/mol. The van der Waals surface area contributed by atoms with Gasteiger partial charge < -0.3 is 9.32 Å². The Hall–Kier alpha value is -2.48. The van der Waals surface area contributed by atoms with Gasteiger partial charge in [-0.1, -0.05) is 19.1 Å². The van der Waals surface area contributed by atoms with Crippen LogP contribution in [0, 0.1) is 5.92 Å². The molecule has 0 spiro atoms. The number of carbonyl (C=O) groups is 1. The number of alkyl halides is 3. The summed E-state index contributed by atoms with van der Waals surface area (Å²) in [7, 11) is 0.